The van der Waals surface area contributed by atoms with E-state index < -0.39 is 0 Å². The predicted molar refractivity (Wildman–Crippen MR) is 4.30 cm³/mol. The molecule has 0 aromatic carbocycles. The zero-order chi connectivity index (χ0) is 2.00. The van der Waals surface area contributed by atoms with Gasteiger partial charge in [-0.25, -0.2) is 0 Å². The first kappa shape index (κ1) is 21.5. The minimum absolute atomic E-state index is 0. The fourth-order valence-corrected chi connectivity index (χ4v) is 0. The topological polar surface area (TPSA) is 48.6 Å². The summed E-state index contributed by atoms with van der Waals surface area (Å²) in [6.45, 7) is 0. The molecule has 0 aliphatic rings. The zero-order valence-electron chi connectivity index (χ0n) is 1.62. The first-order valence-corrected chi connectivity index (χ1v) is 0.561. The van der Waals surface area contributed by atoms with E-state index in [0.29, 0.717) is 0 Å². The fraction of sp³-hybridized carbons (Fsp3) is 0. The monoisotopic (exact) mass is 148 g/mol. The molecule has 0 saturated carbocycles. The SMILES string of the molecule is O.[Mn].[O]=[Co]. The van der Waals surface area contributed by atoms with Crippen LogP contribution in [-0.4, -0.2) is 5.48 Å². The molecule has 0 heterocycles. The van der Waals surface area contributed by atoms with Crippen molar-refractivity contribution in [1.29, 1.82) is 0 Å². The van der Waals surface area contributed by atoms with Crippen LogP contribution in [0.4, 0.5) is 0 Å². The predicted octanol–water partition coefficient (Wildman–Crippen LogP) is -0.949. The molecule has 1 radical (unpaired) electrons. The summed E-state index contributed by atoms with van der Waals surface area (Å²) in [6, 6.07) is 0. The summed E-state index contributed by atoms with van der Waals surface area (Å²) in [7, 11) is 0. The van der Waals surface area contributed by atoms with Crippen LogP contribution in [-0.2, 0) is 36.6 Å². The van der Waals surface area contributed by atoms with Crippen molar-refractivity contribution in [2.24, 2.45) is 0 Å². The summed E-state index contributed by atoms with van der Waals surface area (Å²) < 4.78 is 7.94. The van der Waals surface area contributed by atoms with Crippen LogP contribution >= 0.6 is 0 Å². The second-order valence-electron chi connectivity index (χ2n) is 0. The van der Waals surface area contributed by atoms with E-state index in [2.05, 4.69) is 15.7 Å². The van der Waals surface area contributed by atoms with Crippen LogP contribution < -0.4 is 0 Å². The van der Waals surface area contributed by atoms with Crippen LogP contribution in [0.2, 0.25) is 0 Å². The van der Waals surface area contributed by atoms with Gasteiger partial charge in [-0.15, -0.1) is 0 Å². The van der Waals surface area contributed by atoms with E-state index in [9.17, 15) is 0 Å². The number of rotatable bonds is 0. The molecular formula is H2CoMnO2. The van der Waals surface area contributed by atoms with Gasteiger partial charge in [-0.05, 0) is 0 Å². The Morgan fingerprint density at radius 2 is 1.25 bits per heavy atom. The van der Waals surface area contributed by atoms with Crippen LogP contribution in [0, 0.1) is 0 Å². The Hall–Kier alpha value is 0.786. The van der Waals surface area contributed by atoms with Crippen LogP contribution in [0.25, 0.3) is 0 Å². The number of hydrogen-bond acceptors (Lipinski definition) is 1. The van der Waals surface area contributed by atoms with E-state index in [1.807, 2.05) is 0 Å². The second-order valence-corrected chi connectivity index (χ2v) is 0. The van der Waals surface area contributed by atoms with Crippen molar-refractivity contribution in [3.05, 3.63) is 0 Å². The van der Waals surface area contributed by atoms with Gasteiger partial charge >= 0.3 is 19.5 Å². The summed E-state index contributed by atoms with van der Waals surface area (Å²) in [5.41, 5.74) is 0. The molecule has 0 aliphatic heterocycles. The van der Waals surface area contributed by atoms with E-state index in [-0.39, 0.29) is 22.5 Å². The zero-order valence-corrected chi connectivity index (χ0v) is 3.84. The van der Waals surface area contributed by atoms with Crippen molar-refractivity contribution in [3.8, 4) is 0 Å². The van der Waals surface area contributed by atoms with Crippen LogP contribution in [0.3, 0.4) is 0 Å². The van der Waals surface area contributed by atoms with Crippen LogP contribution in [0.1, 0.15) is 0 Å². The Morgan fingerprint density at radius 1 is 1.25 bits per heavy atom. The van der Waals surface area contributed by atoms with Gasteiger partial charge in [0.05, 0.1) is 0 Å². The Morgan fingerprint density at radius 3 is 1.25 bits per heavy atom. The first-order chi connectivity index (χ1) is 1.00. The van der Waals surface area contributed by atoms with E-state index in [0.717, 1.165) is 0 Å². The molecule has 0 aromatic heterocycles. The molecule has 0 bridgehead atoms. The molecule has 0 rings (SSSR count). The van der Waals surface area contributed by atoms with Crippen molar-refractivity contribution in [2.45, 2.75) is 0 Å². The molecular weight excluding hydrogens is 146 g/mol. The summed E-state index contributed by atoms with van der Waals surface area (Å²) >= 11 is 2.31. The molecule has 0 amide bonds. The quantitative estimate of drug-likeness (QED) is 0.408. The average molecular weight is 148 g/mol. The van der Waals surface area contributed by atoms with Crippen molar-refractivity contribution < 1.29 is 42.1 Å². The molecule has 0 aliphatic carbocycles. The second kappa shape index (κ2) is 47.6. The van der Waals surface area contributed by atoms with Crippen molar-refractivity contribution in [2.75, 3.05) is 0 Å². The van der Waals surface area contributed by atoms with Gasteiger partial charge in [-0.1, -0.05) is 0 Å². The van der Waals surface area contributed by atoms with Gasteiger partial charge in [0.2, 0.25) is 0 Å². The van der Waals surface area contributed by atoms with Crippen molar-refractivity contribution >= 4 is 0 Å². The summed E-state index contributed by atoms with van der Waals surface area (Å²) in [4.78, 5) is 0. The van der Waals surface area contributed by atoms with E-state index in [1.54, 1.807) is 0 Å². The Bertz CT molecular complexity index is 6.00. The normalized spacial score (nSPS) is 1.25. The summed E-state index contributed by atoms with van der Waals surface area (Å²) in [5.74, 6) is 0. The van der Waals surface area contributed by atoms with Gasteiger partial charge in [0.15, 0.2) is 0 Å². The van der Waals surface area contributed by atoms with Gasteiger partial charge in [0.1, 0.15) is 0 Å². The van der Waals surface area contributed by atoms with Gasteiger partial charge in [0, 0.05) is 17.1 Å². The van der Waals surface area contributed by atoms with Gasteiger partial charge in [-0.2, -0.15) is 0 Å². The molecule has 0 unspecified atom stereocenters. The molecule has 2 nitrogen and oxygen atoms in total. The average Bonchev–Trinajstić information content (AvgIpc) is 1.00. The fourth-order valence-electron chi connectivity index (χ4n) is 0. The van der Waals surface area contributed by atoms with Gasteiger partial charge in [0.25, 0.3) is 0 Å². The summed E-state index contributed by atoms with van der Waals surface area (Å²) in [6.07, 6.45) is 0. The molecule has 0 aromatic rings. The van der Waals surface area contributed by atoms with E-state index >= 15 is 0 Å². The third kappa shape index (κ3) is 14.4. The first-order valence-electron chi connectivity index (χ1n) is 0.136. The Balaban J connectivity index is -0.00000000500. The number of hydrogen-bond donors (Lipinski definition) is 0. The van der Waals surface area contributed by atoms with Gasteiger partial charge in [-0.3, -0.25) is 0 Å². The molecule has 0 atom stereocenters. The molecule has 4 heavy (non-hydrogen) atoms. The minimum atomic E-state index is 0. The maximum atomic E-state index is 7.94. The molecule has 2 N–H and O–H groups in total. The van der Waals surface area contributed by atoms with Gasteiger partial charge < -0.3 is 5.48 Å². The van der Waals surface area contributed by atoms with Crippen LogP contribution in [0.15, 0.2) is 0 Å². The van der Waals surface area contributed by atoms with Crippen LogP contribution in [0.5, 0.6) is 0 Å². The Labute approximate surface area is 42.5 Å². The molecule has 4 heteroatoms. The standard InChI is InChI=1S/Co.Mn.H2O.O/h;;1H2;. The Kier molecular flexibility index (Phi) is 256. The molecule has 0 saturated heterocycles. The summed E-state index contributed by atoms with van der Waals surface area (Å²) in [5, 5.41) is 0. The molecule has 0 fully saturated rings. The van der Waals surface area contributed by atoms with E-state index in [1.165, 1.54) is 0 Å². The molecule has 30 valence electrons. The maximum absolute atomic E-state index is 7.94. The van der Waals surface area contributed by atoms with E-state index in [4.69, 9.17) is 3.87 Å². The van der Waals surface area contributed by atoms with Crippen molar-refractivity contribution in [1.82, 2.24) is 0 Å². The third-order valence-corrected chi connectivity index (χ3v) is 0. The third-order valence-electron chi connectivity index (χ3n) is 0. The molecule has 0 spiro atoms. The van der Waals surface area contributed by atoms with Crippen molar-refractivity contribution in [3.63, 3.8) is 0 Å².